The molecule has 1 saturated carbocycles. The van der Waals surface area contributed by atoms with E-state index >= 15 is 0 Å². The van der Waals surface area contributed by atoms with E-state index in [0.29, 0.717) is 5.41 Å². The average Bonchev–Trinajstić information content (AvgIpc) is 3.17. The Bertz CT molecular complexity index is 515. The van der Waals surface area contributed by atoms with Crippen LogP contribution in [0.4, 0.5) is 5.69 Å². The number of hydrogen-bond acceptors (Lipinski definition) is 3. The zero-order chi connectivity index (χ0) is 13.5. The molecule has 2 fully saturated rings. The standard InChI is InChI=1S/C16H21N3/c1-15(2)11-19(12-16(6-7-16)10-18-15)14-5-3-4-13(8-14)9-17/h3-5,8,18H,6-7,10-12H2,1-2H3. The van der Waals surface area contributed by atoms with Gasteiger partial charge in [-0.25, -0.2) is 0 Å². The maximum Gasteiger partial charge on any atom is 0.0992 e. The van der Waals surface area contributed by atoms with Crippen molar-refractivity contribution >= 4 is 5.69 Å². The number of nitriles is 1. The molecule has 2 aliphatic rings. The largest absolute Gasteiger partial charge is 0.369 e. The van der Waals surface area contributed by atoms with Gasteiger partial charge >= 0.3 is 0 Å². The van der Waals surface area contributed by atoms with Crippen LogP contribution in [0.25, 0.3) is 0 Å². The first kappa shape index (κ1) is 12.5. The molecule has 0 amide bonds. The van der Waals surface area contributed by atoms with Crippen molar-refractivity contribution in [3.63, 3.8) is 0 Å². The van der Waals surface area contributed by atoms with Gasteiger partial charge in [0, 0.05) is 36.3 Å². The Kier molecular flexibility index (Phi) is 2.79. The van der Waals surface area contributed by atoms with Crippen LogP contribution in [0.15, 0.2) is 24.3 Å². The fourth-order valence-electron chi connectivity index (χ4n) is 2.94. The Hall–Kier alpha value is -1.53. The van der Waals surface area contributed by atoms with Gasteiger partial charge in [-0.3, -0.25) is 0 Å². The maximum absolute atomic E-state index is 9.05. The first-order valence-corrected chi connectivity index (χ1v) is 7.02. The van der Waals surface area contributed by atoms with Gasteiger partial charge in [-0.05, 0) is 44.9 Å². The zero-order valence-corrected chi connectivity index (χ0v) is 11.7. The van der Waals surface area contributed by atoms with E-state index in [0.717, 1.165) is 25.2 Å². The molecular weight excluding hydrogens is 234 g/mol. The molecule has 3 nitrogen and oxygen atoms in total. The molecule has 1 aliphatic heterocycles. The van der Waals surface area contributed by atoms with Gasteiger partial charge in [-0.1, -0.05) is 6.07 Å². The molecule has 19 heavy (non-hydrogen) atoms. The molecule has 0 atom stereocenters. The molecule has 1 N–H and O–H groups in total. The molecule has 1 heterocycles. The molecule has 0 radical (unpaired) electrons. The summed E-state index contributed by atoms with van der Waals surface area (Å²) in [5, 5.41) is 12.7. The topological polar surface area (TPSA) is 39.1 Å². The summed E-state index contributed by atoms with van der Waals surface area (Å²) in [6, 6.07) is 10.2. The van der Waals surface area contributed by atoms with E-state index in [9.17, 15) is 0 Å². The summed E-state index contributed by atoms with van der Waals surface area (Å²) in [4.78, 5) is 2.45. The van der Waals surface area contributed by atoms with E-state index in [1.165, 1.54) is 18.5 Å². The van der Waals surface area contributed by atoms with Gasteiger partial charge in [0.1, 0.15) is 0 Å². The molecule has 3 rings (SSSR count). The van der Waals surface area contributed by atoms with Crippen molar-refractivity contribution in [2.75, 3.05) is 24.5 Å². The third-order valence-electron chi connectivity index (χ3n) is 4.35. The first-order valence-electron chi connectivity index (χ1n) is 7.02. The van der Waals surface area contributed by atoms with Crippen molar-refractivity contribution in [2.45, 2.75) is 32.2 Å². The van der Waals surface area contributed by atoms with Crippen LogP contribution in [-0.4, -0.2) is 25.2 Å². The van der Waals surface area contributed by atoms with Gasteiger partial charge in [0.25, 0.3) is 0 Å². The summed E-state index contributed by atoms with van der Waals surface area (Å²) in [5.74, 6) is 0. The minimum absolute atomic E-state index is 0.120. The summed E-state index contributed by atoms with van der Waals surface area (Å²) >= 11 is 0. The minimum Gasteiger partial charge on any atom is -0.369 e. The van der Waals surface area contributed by atoms with Gasteiger partial charge in [0.15, 0.2) is 0 Å². The lowest BCUT2D eigenvalue weighted by Gasteiger charge is -2.32. The van der Waals surface area contributed by atoms with E-state index in [-0.39, 0.29) is 5.54 Å². The van der Waals surface area contributed by atoms with Crippen LogP contribution in [0.5, 0.6) is 0 Å². The van der Waals surface area contributed by atoms with Crippen LogP contribution in [0.3, 0.4) is 0 Å². The molecule has 1 aromatic rings. The van der Waals surface area contributed by atoms with Gasteiger partial charge in [0.2, 0.25) is 0 Å². The van der Waals surface area contributed by atoms with E-state index in [4.69, 9.17) is 5.26 Å². The van der Waals surface area contributed by atoms with Gasteiger partial charge < -0.3 is 10.2 Å². The van der Waals surface area contributed by atoms with Crippen molar-refractivity contribution in [1.82, 2.24) is 5.32 Å². The van der Waals surface area contributed by atoms with Gasteiger partial charge in [-0.2, -0.15) is 5.26 Å². The second kappa shape index (κ2) is 4.25. The van der Waals surface area contributed by atoms with Crippen molar-refractivity contribution in [3.8, 4) is 6.07 Å². The highest BCUT2D eigenvalue weighted by atomic mass is 15.2. The molecule has 1 spiro atoms. The van der Waals surface area contributed by atoms with Crippen molar-refractivity contribution in [2.24, 2.45) is 5.41 Å². The predicted octanol–water partition coefficient (Wildman–Crippen LogP) is 2.53. The van der Waals surface area contributed by atoms with E-state index < -0.39 is 0 Å². The Labute approximate surface area is 115 Å². The van der Waals surface area contributed by atoms with E-state index in [1.807, 2.05) is 18.2 Å². The summed E-state index contributed by atoms with van der Waals surface area (Å²) in [5.41, 5.74) is 2.52. The molecule has 1 aromatic carbocycles. The SMILES string of the molecule is CC1(C)CN(c2cccc(C#N)c2)CC2(CC2)CN1. The minimum atomic E-state index is 0.120. The molecule has 0 aromatic heterocycles. The number of benzene rings is 1. The van der Waals surface area contributed by atoms with E-state index in [2.05, 4.69) is 36.2 Å². The number of rotatable bonds is 1. The maximum atomic E-state index is 9.05. The highest BCUT2D eigenvalue weighted by molar-refractivity contribution is 5.52. The Morgan fingerprint density at radius 2 is 2.05 bits per heavy atom. The Balaban J connectivity index is 1.90. The monoisotopic (exact) mass is 255 g/mol. The lowest BCUT2D eigenvalue weighted by atomic mass is 10.1. The fourth-order valence-corrected chi connectivity index (χ4v) is 2.94. The summed E-state index contributed by atoms with van der Waals surface area (Å²) in [7, 11) is 0. The third-order valence-corrected chi connectivity index (χ3v) is 4.35. The Morgan fingerprint density at radius 3 is 2.74 bits per heavy atom. The predicted molar refractivity (Wildman–Crippen MR) is 77.1 cm³/mol. The van der Waals surface area contributed by atoms with Gasteiger partial charge in [0.05, 0.1) is 11.6 Å². The highest BCUT2D eigenvalue weighted by Crippen LogP contribution is 2.47. The van der Waals surface area contributed by atoms with Crippen molar-refractivity contribution in [3.05, 3.63) is 29.8 Å². The van der Waals surface area contributed by atoms with Crippen LogP contribution < -0.4 is 10.2 Å². The quantitative estimate of drug-likeness (QED) is 0.838. The number of hydrogen-bond donors (Lipinski definition) is 1. The zero-order valence-electron chi connectivity index (χ0n) is 11.7. The molecule has 0 unspecified atom stereocenters. The first-order chi connectivity index (χ1) is 9.02. The third kappa shape index (κ3) is 2.59. The molecule has 0 bridgehead atoms. The van der Waals surface area contributed by atoms with Crippen LogP contribution in [0.2, 0.25) is 0 Å². The second-order valence-corrected chi connectivity index (χ2v) is 6.76. The lowest BCUT2D eigenvalue weighted by Crippen LogP contribution is -2.46. The normalized spacial score (nSPS) is 23.7. The molecule has 3 heteroatoms. The molecule has 1 aliphatic carbocycles. The summed E-state index contributed by atoms with van der Waals surface area (Å²) in [6.07, 6.45) is 2.65. The highest BCUT2D eigenvalue weighted by Gasteiger charge is 2.47. The van der Waals surface area contributed by atoms with Crippen LogP contribution in [0, 0.1) is 16.7 Å². The molecule has 1 saturated heterocycles. The van der Waals surface area contributed by atoms with Gasteiger partial charge in [-0.15, -0.1) is 0 Å². The summed E-state index contributed by atoms with van der Waals surface area (Å²) in [6.45, 7) is 7.74. The average molecular weight is 255 g/mol. The van der Waals surface area contributed by atoms with Crippen molar-refractivity contribution < 1.29 is 0 Å². The van der Waals surface area contributed by atoms with Crippen LogP contribution in [0.1, 0.15) is 32.3 Å². The second-order valence-electron chi connectivity index (χ2n) is 6.76. The lowest BCUT2D eigenvalue weighted by molar-refractivity contribution is 0.389. The number of nitrogens with one attached hydrogen (secondary N) is 1. The molecular formula is C16H21N3. The van der Waals surface area contributed by atoms with Crippen molar-refractivity contribution in [1.29, 1.82) is 5.26 Å². The number of anilines is 1. The van der Waals surface area contributed by atoms with E-state index in [1.54, 1.807) is 0 Å². The fraction of sp³-hybridized carbons (Fsp3) is 0.562. The van der Waals surface area contributed by atoms with Crippen LogP contribution in [-0.2, 0) is 0 Å². The Morgan fingerprint density at radius 1 is 1.26 bits per heavy atom. The molecule has 100 valence electrons. The number of nitrogens with zero attached hydrogens (tertiary/aromatic N) is 2. The smallest absolute Gasteiger partial charge is 0.0992 e. The van der Waals surface area contributed by atoms with Crippen LogP contribution >= 0.6 is 0 Å². The summed E-state index contributed by atoms with van der Waals surface area (Å²) < 4.78 is 0.